The van der Waals surface area contributed by atoms with Crippen molar-refractivity contribution in [2.45, 2.75) is 37.8 Å². The number of aromatic carboxylic acids is 1. The van der Waals surface area contributed by atoms with Gasteiger partial charge in [0.25, 0.3) is 0 Å². The molecule has 0 spiro atoms. The lowest BCUT2D eigenvalue weighted by atomic mass is 9.78. The van der Waals surface area contributed by atoms with E-state index < -0.39 is 17.0 Å². The van der Waals surface area contributed by atoms with Crippen LogP contribution in [0.4, 0.5) is 0 Å². The van der Waals surface area contributed by atoms with Crippen LogP contribution in [0.5, 0.6) is 5.75 Å². The number of hydrogen-bond acceptors (Lipinski definition) is 7. The molecule has 1 saturated heterocycles. The van der Waals surface area contributed by atoms with Gasteiger partial charge in [0.2, 0.25) is 0 Å². The zero-order valence-corrected chi connectivity index (χ0v) is 20.1. The van der Waals surface area contributed by atoms with Gasteiger partial charge in [0, 0.05) is 66.6 Å². The van der Waals surface area contributed by atoms with E-state index in [2.05, 4.69) is 10.4 Å². The topological polar surface area (TPSA) is 99.9 Å². The Kier molecular flexibility index (Phi) is 5.79. The van der Waals surface area contributed by atoms with Crippen molar-refractivity contribution >= 4 is 17.5 Å². The Bertz CT molecular complexity index is 1300. The van der Waals surface area contributed by atoms with Crippen LogP contribution in [0, 0.1) is 0 Å². The number of rotatable bonds is 7. The minimum Gasteiger partial charge on any atom is -0.493 e. The molecule has 5 rings (SSSR count). The fourth-order valence-electron chi connectivity index (χ4n) is 5.10. The highest BCUT2D eigenvalue weighted by Gasteiger charge is 2.49. The predicted octanol–water partition coefficient (Wildman–Crippen LogP) is 4.20. The van der Waals surface area contributed by atoms with E-state index in [-0.39, 0.29) is 17.5 Å². The Morgan fingerprint density at radius 2 is 2.12 bits per heavy atom. The lowest BCUT2D eigenvalue weighted by Gasteiger charge is -2.38. The average molecular weight is 483 g/mol. The van der Waals surface area contributed by atoms with Gasteiger partial charge in [-0.05, 0) is 43.1 Å². The predicted molar refractivity (Wildman–Crippen MR) is 128 cm³/mol. The molecule has 0 amide bonds. The number of carboxylic acids is 1. The van der Waals surface area contributed by atoms with Crippen LogP contribution in [0.3, 0.4) is 0 Å². The number of carboxylic acid groups (broad SMARTS) is 1. The molecule has 2 aliphatic heterocycles. The summed E-state index contributed by atoms with van der Waals surface area (Å²) in [5.74, 6) is -0.502. The summed E-state index contributed by atoms with van der Waals surface area (Å²) in [4.78, 5) is 24.4. The van der Waals surface area contributed by atoms with E-state index in [4.69, 9.17) is 14.2 Å². The Balaban J connectivity index is 1.72. The van der Waals surface area contributed by atoms with E-state index >= 15 is 0 Å². The molecule has 34 heavy (non-hydrogen) atoms. The van der Waals surface area contributed by atoms with Gasteiger partial charge in [0.1, 0.15) is 11.3 Å². The molecular formula is C25H26N2O6S. The van der Waals surface area contributed by atoms with Crippen molar-refractivity contribution in [1.82, 2.24) is 8.94 Å². The van der Waals surface area contributed by atoms with Crippen LogP contribution in [0.2, 0.25) is 0 Å². The SMILES string of the molecule is COCCCOc1cc2c(cc1-c1cnsc1)-c1cc(=O)c(C(=O)O)cn1[C@H]1[C@@H]2COC1(C)C. The Morgan fingerprint density at radius 3 is 2.82 bits per heavy atom. The van der Waals surface area contributed by atoms with E-state index in [1.165, 1.54) is 23.8 Å². The summed E-state index contributed by atoms with van der Waals surface area (Å²) in [6.07, 6.45) is 4.02. The highest BCUT2D eigenvalue weighted by molar-refractivity contribution is 7.03. The zero-order valence-electron chi connectivity index (χ0n) is 19.2. The maximum absolute atomic E-state index is 12.7. The Labute approximate surface area is 200 Å². The van der Waals surface area contributed by atoms with Gasteiger partial charge in [0.05, 0.1) is 30.6 Å². The Hall–Kier alpha value is -3.01. The molecular weight excluding hydrogens is 456 g/mol. The largest absolute Gasteiger partial charge is 0.493 e. The van der Waals surface area contributed by atoms with E-state index in [0.717, 1.165) is 34.4 Å². The summed E-state index contributed by atoms with van der Waals surface area (Å²) in [5, 5.41) is 11.5. The fraction of sp³-hybridized carbons (Fsp3) is 0.400. The van der Waals surface area contributed by atoms with Gasteiger partial charge in [-0.15, -0.1) is 0 Å². The third-order valence-corrected chi connectivity index (χ3v) is 7.25. The number of hydrogen-bond donors (Lipinski definition) is 1. The van der Waals surface area contributed by atoms with Gasteiger partial charge in [-0.3, -0.25) is 4.79 Å². The summed E-state index contributed by atoms with van der Waals surface area (Å²) < 4.78 is 23.7. The zero-order chi connectivity index (χ0) is 24.0. The van der Waals surface area contributed by atoms with Crippen molar-refractivity contribution in [1.29, 1.82) is 0 Å². The molecule has 0 aliphatic carbocycles. The monoisotopic (exact) mass is 482 g/mol. The summed E-state index contributed by atoms with van der Waals surface area (Å²) in [7, 11) is 1.67. The molecule has 0 unspecified atom stereocenters. The number of benzene rings is 1. The van der Waals surface area contributed by atoms with Crippen LogP contribution in [-0.4, -0.2) is 52.5 Å². The standard InChI is InChI=1S/C25H26N2O6S/c1-25(2)23-19(12-33-25)16-8-22(32-6-4-5-31-3)15(14-10-26-34-13-14)7-17(16)20-9-21(28)18(24(29)30)11-27(20)23/h7-11,13,19,23H,4-6,12H2,1-3H3,(H,29,30)/t19-,23+/m1/s1. The highest BCUT2D eigenvalue weighted by Crippen LogP contribution is 2.54. The van der Waals surface area contributed by atoms with Crippen molar-refractivity contribution < 1.29 is 24.1 Å². The van der Waals surface area contributed by atoms with Crippen LogP contribution in [-0.2, 0) is 9.47 Å². The van der Waals surface area contributed by atoms with Crippen LogP contribution in [0.25, 0.3) is 22.4 Å². The van der Waals surface area contributed by atoms with Crippen molar-refractivity contribution in [3.63, 3.8) is 0 Å². The lowest BCUT2D eigenvalue weighted by molar-refractivity contribution is 0.0145. The molecule has 1 aromatic carbocycles. The number of methoxy groups -OCH3 is 1. The summed E-state index contributed by atoms with van der Waals surface area (Å²) in [5.41, 5.74) is 3.09. The second-order valence-corrected chi connectivity index (χ2v) is 9.82. The second-order valence-electron chi connectivity index (χ2n) is 9.16. The first-order chi connectivity index (χ1) is 16.3. The molecule has 1 N–H and O–H groups in total. The minimum absolute atomic E-state index is 0.0161. The maximum atomic E-state index is 12.7. The number of nitrogens with zero attached hydrogens (tertiary/aromatic N) is 2. The van der Waals surface area contributed by atoms with E-state index in [1.807, 2.05) is 29.9 Å². The van der Waals surface area contributed by atoms with Crippen LogP contribution >= 0.6 is 11.5 Å². The molecule has 0 bridgehead atoms. The first-order valence-electron chi connectivity index (χ1n) is 11.1. The third-order valence-electron chi connectivity index (χ3n) is 6.66. The molecule has 1 fully saturated rings. The molecule has 3 aromatic rings. The van der Waals surface area contributed by atoms with Gasteiger partial charge in [-0.2, -0.15) is 0 Å². The van der Waals surface area contributed by atoms with Gasteiger partial charge >= 0.3 is 5.97 Å². The number of fused-ring (bicyclic) bond motifs is 6. The molecule has 4 heterocycles. The first kappa shape index (κ1) is 22.8. The molecule has 0 radical (unpaired) electrons. The van der Waals surface area contributed by atoms with E-state index in [9.17, 15) is 14.7 Å². The van der Waals surface area contributed by atoms with Gasteiger partial charge in [-0.1, -0.05) is 0 Å². The molecule has 2 aliphatic rings. The minimum atomic E-state index is -1.23. The fourth-order valence-corrected chi connectivity index (χ4v) is 5.64. The van der Waals surface area contributed by atoms with Crippen LogP contribution < -0.4 is 10.2 Å². The van der Waals surface area contributed by atoms with Crippen LogP contribution in [0.1, 0.15) is 48.1 Å². The average Bonchev–Trinajstić information content (AvgIpc) is 3.44. The number of aromatic nitrogens is 2. The van der Waals surface area contributed by atoms with Gasteiger partial charge in [-0.25, -0.2) is 9.17 Å². The van der Waals surface area contributed by atoms with Crippen LogP contribution in [0.15, 0.2) is 40.8 Å². The molecule has 0 saturated carbocycles. The summed E-state index contributed by atoms with van der Waals surface area (Å²) in [6.45, 7) is 5.60. The van der Waals surface area contributed by atoms with E-state index in [1.54, 1.807) is 13.3 Å². The molecule has 2 atom stereocenters. The molecule has 9 heteroatoms. The summed E-state index contributed by atoms with van der Waals surface area (Å²) >= 11 is 1.35. The smallest absolute Gasteiger partial charge is 0.341 e. The number of ether oxygens (including phenoxy) is 3. The third kappa shape index (κ3) is 3.73. The number of pyridine rings is 1. The van der Waals surface area contributed by atoms with E-state index in [0.29, 0.717) is 25.5 Å². The molecule has 8 nitrogen and oxygen atoms in total. The highest BCUT2D eigenvalue weighted by atomic mass is 32.1. The Morgan fingerprint density at radius 1 is 1.29 bits per heavy atom. The number of carbonyl (C=O) groups is 1. The quantitative estimate of drug-likeness (QED) is 0.504. The van der Waals surface area contributed by atoms with Gasteiger partial charge in [0.15, 0.2) is 5.43 Å². The normalized spacial score (nSPS) is 19.9. The van der Waals surface area contributed by atoms with Gasteiger partial charge < -0.3 is 23.9 Å². The molecule has 178 valence electrons. The van der Waals surface area contributed by atoms with Crippen molar-refractivity contribution in [3.05, 3.63) is 57.3 Å². The van der Waals surface area contributed by atoms with Crippen molar-refractivity contribution in [2.75, 3.05) is 26.9 Å². The maximum Gasteiger partial charge on any atom is 0.341 e. The van der Waals surface area contributed by atoms with Crippen molar-refractivity contribution in [2.24, 2.45) is 0 Å². The molecule has 2 aromatic heterocycles. The second kappa shape index (κ2) is 8.65. The van der Waals surface area contributed by atoms with Crippen molar-refractivity contribution in [3.8, 4) is 28.1 Å². The first-order valence-corrected chi connectivity index (χ1v) is 12.0. The lowest BCUT2D eigenvalue weighted by Crippen LogP contribution is -2.36. The summed E-state index contributed by atoms with van der Waals surface area (Å²) in [6, 6.07) is 5.35.